The van der Waals surface area contributed by atoms with E-state index in [1.165, 1.54) is 0 Å². The van der Waals surface area contributed by atoms with E-state index in [9.17, 15) is 4.79 Å². The highest BCUT2D eigenvalue weighted by molar-refractivity contribution is 6.08. The number of aromatic nitrogens is 6. The zero-order valence-corrected chi connectivity index (χ0v) is 21.1. The van der Waals surface area contributed by atoms with Crippen LogP contribution in [0.25, 0.3) is 67.2 Å². The third kappa shape index (κ3) is 3.34. The maximum absolute atomic E-state index is 14.0. The Morgan fingerprint density at radius 2 is 1.10 bits per heavy atom. The number of nitrogens with zero attached hydrogens (tertiary/aromatic N) is 6. The van der Waals surface area contributed by atoms with Crippen molar-refractivity contribution in [3.05, 3.63) is 132 Å². The second-order valence-corrected chi connectivity index (χ2v) is 9.57. The highest BCUT2D eigenvalue weighted by Crippen LogP contribution is 2.32. The van der Waals surface area contributed by atoms with E-state index in [2.05, 4.69) is 6.07 Å². The van der Waals surface area contributed by atoms with Gasteiger partial charge in [0.2, 0.25) is 5.95 Å². The lowest BCUT2D eigenvalue weighted by Gasteiger charge is -2.12. The maximum Gasteiger partial charge on any atom is 0.267 e. The summed E-state index contributed by atoms with van der Waals surface area (Å²) in [6.45, 7) is 0. The van der Waals surface area contributed by atoms with E-state index in [0.717, 1.165) is 27.4 Å². The molecule has 4 aromatic heterocycles. The Labute approximate surface area is 227 Å². The summed E-state index contributed by atoms with van der Waals surface area (Å²) >= 11 is 0. The first-order valence-corrected chi connectivity index (χ1v) is 13.0. The Bertz CT molecular complexity index is 2230. The van der Waals surface area contributed by atoms with Gasteiger partial charge < -0.3 is 0 Å². The standard InChI is InChI=1S/C33H20N6O/c40-32-25-16-7-9-17-26(25)34-28-20-19-24-23-15-8-10-18-27(23)38(31(24)39(28)32)33-36-29(21-11-3-1-4-12-21)35-30(37-33)22-13-5-2-6-14-22/h1-20H. The molecule has 0 saturated heterocycles. The summed E-state index contributed by atoms with van der Waals surface area (Å²) in [5.41, 5.74) is 4.36. The van der Waals surface area contributed by atoms with Gasteiger partial charge in [-0.2, -0.15) is 9.97 Å². The third-order valence-corrected chi connectivity index (χ3v) is 7.19. The first-order valence-electron chi connectivity index (χ1n) is 13.0. The normalized spacial score (nSPS) is 11.6. The van der Waals surface area contributed by atoms with E-state index in [1.807, 2.05) is 120 Å². The van der Waals surface area contributed by atoms with Gasteiger partial charge in [0, 0.05) is 21.9 Å². The molecule has 8 rings (SSSR count). The van der Waals surface area contributed by atoms with Gasteiger partial charge in [-0.05, 0) is 30.3 Å². The molecule has 7 nitrogen and oxygen atoms in total. The summed E-state index contributed by atoms with van der Waals surface area (Å²) in [4.78, 5) is 33.6. The second-order valence-electron chi connectivity index (χ2n) is 9.57. The van der Waals surface area contributed by atoms with E-state index in [-0.39, 0.29) is 5.56 Å². The van der Waals surface area contributed by atoms with Crippen LogP contribution >= 0.6 is 0 Å². The Balaban J connectivity index is 1.55. The molecule has 0 aliphatic carbocycles. The molecular weight excluding hydrogens is 496 g/mol. The predicted octanol–water partition coefficient (Wildman–Crippen LogP) is 6.46. The number of fused-ring (bicyclic) bond motifs is 6. The molecule has 0 atom stereocenters. The number of hydrogen-bond acceptors (Lipinski definition) is 5. The van der Waals surface area contributed by atoms with Gasteiger partial charge in [0.05, 0.1) is 16.4 Å². The van der Waals surface area contributed by atoms with Crippen LogP contribution in [0, 0.1) is 0 Å². The quantitative estimate of drug-likeness (QED) is 0.252. The molecule has 4 aromatic carbocycles. The summed E-state index contributed by atoms with van der Waals surface area (Å²) in [6.07, 6.45) is 0. The lowest BCUT2D eigenvalue weighted by molar-refractivity contribution is 0.930. The van der Waals surface area contributed by atoms with Crippen LogP contribution in [0.2, 0.25) is 0 Å². The van der Waals surface area contributed by atoms with Gasteiger partial charge in [-0.25, -0.2) is 14.4 Å². The van der Waals surface area contributed by atoms with Gasteiger partial charge in [0.15, 0.2) is 11.6 Å². The first-order chi connectivity index (χ1) is 19.8. The molecule has 0 amide bonds. The van der Waals surface area contributed by atoms with Crippen molar-refractivity contribution in [2.75, 3.05) is 0 Å². The van der Waals surface area contributed by atoms with Crippen LogP contribution in [0.5, 0.6) is 0 Å². The fourth-order valence-electron chi connectivity index (χ4n) is 5.36. The van der Waals surface area contributed by atoms with Crippen molar-refractivity contribution in [1.82, 2.24) is 28.9 Å². The van der Waals surface area contributed by atoms with E-state index in [1.54, 1.807) is 4.40 Å². The monoisotopic (exact) mass is 516 g/mol. The van der Waals surface area contributed by atoms with Crippen LogP contribution in [0.15, 0.2) is 126 Å². The van der Waals surface area contributed by atoms with Crippen molar-refractivity contribution in [3.8, 4) is 28.7 Å². The van der Waals surface area contributed by atoms with Crippen molar-refractivity contribution in [1.29, 1.82) is 0 Å². The fraction of sp³-hybridized carbons (Fsp3) is 0. The minimum absolute atomic E-state index is 0.143. The Kier molecular flexibility index (Phi) is 4.84. The van der Waals surface area contributed by atoms with Crippen LogP contribution < -0.4 is 5.56 Å². The molecule has 0 saturated carbocycles. The minimum atomic E-state index is -0.143. The predicted molar refractivity (Wildman–Crippen MR) is 158 cm³/mol. The van der Waals surface area contributed by atoms with Crippen molar-refractivity contribution in [2.24, 2.45) is 0 Å². The van der Waals surface area contributed by atoms with Crippen LogP contribution in [0.4, 0.5) is 0 Å². The molecule has 0 N–H and O–H groups in total. The van der Waals surface area contributed by atoms with Crippen LogP contribution in [-0.2, 0) is 0 Å². The SMILES string of the molecule is O=c1c2ccccc2nc2ccc3c4ccccc4n(-c4nc(-c5ccccc5)nc(-c5ccccc5)n4)c3n12. The van der Waals surface area contributed by atoms with Gasteiger partial charge >= 0.3 is 0 Å². The molecule has 4 heterocycles. The highest BCUT2D eigenvalue weighted by Gasteiger charge is 2.21. The summed E-state index contributed by atoms with van der Waals surface area (Å²) < 4.78 is 3.63. The van der Waals surface area contributed by atoms with Crippen molar-refractivity contribution in [2.45, 2.75) is 0 Å². The Morgan fingerprint density at radius 3 is 1.80 bits per heavy atom. The number of benzene rings is 4. The summed E-state index contributed by atoms with van der Waals surface area (Å²) in [7, 11) is 0. The summed E-state index contributed by atoms with van der Waals surface area (Å²) in [6, 6.07) is 39.1. The first kappa shape index (κ1) is 22.3. The lowest BCUT2D eigenvalue weighted by atomic mass is 10.2. The van der Waals surface area contributed by atoms with E-state index >= 15 is 0 Å². The molecule has 188 valence electrons. The van der Waals surface area contributed by atoms with Crippen LogP contribution in [0.3, 0.4) is 0 Å². The van der Waals surface area contributed by atoms with Crippen molar-refractivity contribution >= 4 is 38.5 Å². The molecule has 0 spiro atoms. The van der Waals surface area contributed by atoms with Crippen LogP contribution in [0.1, 0.15) is 0 Å². The number of rotatable bonds is 3. The average Bonchev–Trinajstić information content (AvgIpc) is 3.36. The van der Waals surface area contributed by atoms with E-state index in [4.69, 9.17) is 19.9 Å². The minimum Gasteiger partial charge on any atom is -0.268 e. The van der Waals surface area contributed by atoms with Crippen molar-refractivity contribution < 1.29 is 0 Å². The third-order valence-electron chi connectivity index (χ3n) is 7.19. The molecule has 0 unspecified atom stereocenters. The summed E-state index contributed by atoms with van der Waals surface area (Å²) in [5.74, 6) is 1.52. The van der Waals surface area contributed by atoms with Crippen LogP contribution in [-0.4, -0.2) is 28.9 Å². The van der Waals surface area contributed by atoms with E-state index in [0.29, 0.717) is 39.8 Å². The fourth-order valence-corrected chi connectivity index (χ4v) is 5.36. The molecular formula is C33H20N6O. The molecule has 0 radical (unpaired) electrons. The number of pyridine rings is 1. The molecule has 8 aromatic rings. The van der Waals surface area contributed by atoms with Gasteiger partial charge in [0.1, 0.15) is 11.3 Å². The second kappa shape index (κ2) is 8.68. The van der Waals surface area contributed by atoms with Gasteiger partial charge in [-0.15, -0.1) is 0 Å². The number of para-hydroxylation sites is 2. The van der Waals surface area contributed by atoms with Gasteiger partial charge in [-0.1, -0.05) is 91.0 Å². The zero-order chi connectivity index (χ0) is 26.6. The molecule has 0 aliphatic rings. The largest absolute Gasteiger partial charge is 0.268 e. The molecule has 0 aliphatic heterocycles. The zero-order valence-electron chi connectivity index (χ0n) is 21.1. The van der Waals surface area contributed by atoms with E-state index < -0.39 is 0 Å². The van der Waals surface area contributed by atoms with Crippen molar-refractivity contribution in [3.63, 3.8) is 0 Å². The highest BCUT2D eigenvalue weighted by atomic mass is 16.1. The average molecular weight is 517 g/mol. The molecule has 40 heavy (non-hydrogen) atoms. The summed E-state index contributed by atoms with van der Waals surface area (Å²) in [5, 5.41) is 2.45. The Hall–Kier alpha value is -5.69. The lowest BCUT2D eigenvalue weighted by Crippen LogP contribution is -2.18. The maximum atomic E-state index is 14.0. The molecule has 7 heteroatoms. The topological polar surface area (TPSA) is 78.0 Å². The number of hydrogen-bond donors (Lipinski definition) is 0. The smallest absolute Gasteiger partial charge is 0.267 e. The molecule has 0 bridgehead atoms. The Morgan fingerprint density at radius 1 is 0.500 bits per heavy atom. The van der Waals surface area contributed by atoms with Gasteiger partial charge in [-0.3, -0.25) is 9.36 Å². The van der Waals surface area contributed by atoms with Gasteiger partial charge in [0.25, 0.3) is 5.56 Å². The molecule has 0 fully saturated rings.